The van der Waals surface area contributed by atoms with Crippen molar-refractivity contribution in [3.63, 3.8) is 0 Å². The van der Waals surface area contributed by atoms with Crippen molar-refractivity contribution in [1.82, 2.24) is 9.97 Å². The fourth-order valence-electron chi connectivity index (χ4n) is 3.04. The van der Waals surface area contributed by atoms with E-state index in [1.807, 2.05) is 43.3 Å². The van der Waals surface area contributed by atoms with Gasteiger partial charge in [-0.05, 0) is 82.0 Å². The van der Waals surface area contributed by atoms with E-state index in [2.05, 4.69) is 32.0 Å². The Morgan fingerprint density at radius 3 is 2.70 bits per heavy atom. The molecule has 1 aromatic heterocycles. The molecule has 0 aliphatic carbocycles. The number of nitrogens with one attached hydrogen (secondary N) is 1. The zero-order valence-electron chi connectivity index (χ0n) is 16.1. The first-order chi connectivity index (χ1) is 14.5. The van der Waals surface area contributed by atoms with Crippen LogP contribution in [0.25, 0.3) is 22.7 Å². The molecule has 0 unspecified atom stereocenters. The highest BCUT2D eigenvalue weighted by atomic mass is 79.9. The molecule has 1 heterocycles. The standard InChI is InChI=1S/C24H17BrFN3O/c1-15-2-8-21-22(10-15)29-24(28-21)18(13-27)11-17-5-9-23(20(25)12-17)30-14-16-3-6-19(26)7-4-16/h2-12H,14H2,1H3,(H,28,29)/b18-11-. The van der Waals surface area contributed by atoms with Crippen molar-refractivity contribution in [3.8, 4) is 11.8 Å². The molecule has 0 aliphatic rings. The fourth-order valence-corrected chi connectivity index (χ4v) is 3.55. The molecule has 3 aromatic carbocycles. The predicted octanol–water partition coefficient (Wildman–Crippen LogP) is 6.42. The summed E-state index contributed by atoms with van der Waals surface area (Å²) in [5.74, 6) is 0.920. The zero-order chi connectivity index (χ0) is 21.1. The summed E-state index contributed by atoms with van der Waals surface area (Å²) in [5, 5.41) is 9.63. The Bertz CT molecular complexity index is 1290. The highest BCUT2D eigenvalue weighted by molar-refractivity contribution is 9.10. The molecule has 4 aromatic rings. The highest BCUT2D eigenvalue weighted by Crippen LogP contribution is 2.29. The third-order valence-corrected chi connectivity index (χ3v) is 5.21. The van der Waals surface area contributed by atoms with Gasteiger partial charge in [-0.3, -0.25) is 0 Å². The molecule has 6 heteroatoms. The summed E-state index contributed by atoms with van der Waals surface area (Å²) in [4.78, 5) is 7.73. The van der Waals surface area contributed by atoms with E-state index in [1.54, 1.807) is 18.2 Å². The minimum absolute atomic E-state index is 0.274. The molecule has 0 saturated heterocycles. The van der Waals surface area contributed by atoms with Crippen LogP contribution < -0.4 is 4.74 Å². The first kappa shape index (κ1) is 19.9. The topological polar surface area (TPSA) is 61.7 Å². The second-order valence-electron chi connectivity index (χ2n) is 6.88. The lowest BCUT2D eigenvalue weighted by molar-refractivity contribution is 0.304. The maximum absolute atomic E-state index is 13.0. The van der Waals surface area contributed by atoms with Gasteiger partial charge in [-0.15, -0.1) is 0 Å². The number of aromatic nitrogens is 2. The van der Waals surface area contributed by atoms with Crippen molar-refractivity contribution in [2.75, 3.05) is 0 Å². The smallest absolute Gasteiger partial charge is 0.149 e. The number of aromatic amines is 1. The van der Waals surface area contributed by atoms with Gasteiger partial charge in [-0.1, -0.05) is 24.3 Å². The quantitative estimate of drug-likeness (QED) is 0.349. The summed E-state index contributed by atoms with van der Waals surface area (Å²) < 4.78 is 19.6. The third kappa shape index (κ3) is 4.42. The van der Waals surface area contributed by atoms with Crippen LogP contribution in [0, 0.1) is 24.1 Å². The second-order valence-corrected chi connectivity index (χ2v) is 7.74. The second kappa shape index (κ2) is 8.52. The summed E-state index contributed by atoms with van der Waals surface area (Å²) >= 11 is 3.52. The normalized spacial score (nSPS) is 11.5. The molecule has 1 N–H and O–H groups in total. The molecule has 148 valence electrons. The minimum atomic E-state index is -0.274. The number of aryl methyl sites for hydroxylation is 1. The van der Waals surface area contributed by atoms with E-state index in [-0.39, 0.29) is 5.82 Å². The first-order valence-corrected chi connectivity index (χ1v) is 10.1. The van der Waals surface area contributed by atoms with Gasteiger partial charge in [0.05, 0.1) is 21.1 Å². The molecule has 0 radical (unpaired) electrons. The molecule has 0 fully saturated rings. The van der Waals surface area contributed by atoms with Crippen LogP contribution in [0.15, 0.2) is 65.1 Å². The molecule has 4 rings (SSSR count). The summed E-state index contributed by atoms with van der Waals surface area (Å²) in [6.45, 7) is 2.34. The largest absolute Gasteiger partial charge is 0.488 e. The SMILES string of the molecule is Cc1ccc2nc(/C(C#N)=C\c3ccc(OCc4ccc(F)cc4)c(Br)c3)[nH]c2c1. The lowest BCUT2D eigenvalue weighted by Gasteiger charge is -2.09. The van der Waals surface area contributed by atoms with Crippen LogP contribution in [0.5, 0.6) is 5.75 Å². The molecular weight excluding hydrogens is 445 g/mol. The number of ether oxygens (including phenoxy) is 1. The van der Waals surface area contributed by atoms with Gasteiger partial charge in [-0.2, -0.15) is 5.26 Å². The summed E-state index contributed by atoms with van der Waals surface area (Å²) in [6.07, 6.45) is 1.78. The van der Waals surface area contributed by atoms with Crippen molar-refractivity contribution in [1.29, 1.82) is 5.26 Å². The Kier molecular flexibility index (Phi) is 5.64. The average molecular weight is 462 g/mol. The number of benzene rings is 3. The lowest BCUT2D eigenvalue weighted by atomic mass is 10.1. The number of rotatable bonds is 5. The van der Waals surface area contributed by atoms with Gasteiger partial charge in [0.2, 0.25) is 0 Å². The molecule has 0 bridgehead atoms. The number of hydrogen-bond acceptors (Lipinski definition) is 3. The van der Waals surface area contributed by atoms with E-state index >= 15 is 0 Å². The zero-order valence-corrected chi connectivity index (χ0v) is 17.7. The fraction of sp³-hybridized carbons (Fsp3) is 0.0833. The van der Waals surface area contributed by atoms with Crippen molar-refractivity contribution in [2.45, 2.75) is 13.5 Å². The van der Waals surface area contributed by atoms with E-state index in [0.29, 0.717) is 23.8 Å². The maximum Gasteiger partial charge on any atom is 0.149 e. The van der Waals surface area contributed by atoms with Gasteiger partial charge >= 0.3 is 0 Å². The van der Waals surface area contributed by atoms with Gasteiger partial charge in [0, 0.05) is 0 Å². The van der Waals surface area contributed by atoms with E-state index in [1.165, 1.54) is 12.1 Å². The van der Waals surface area contributed by atoms with E-state index in [4.69, 9.17) is 4.74 Å². The molecule has 0 aliphatic heterocycles. The van der Waals surface area contributed by atoms with Crippen LogP contribution in [0.1, 0.15) is 22.5 Å². The Morgan fingerprint density at radius 2 is 1.97 bits per heavy atom. The molecular formula is C24H17BrFN3O. The summed E-state index contributed by atoms with van der Waals surface area (Å²) in [5.41, 5.74) is 5.00. The summed E-state index contributed by atoms with van der Waals surface area (Å²) in [7, 11) is 0. The Hall–Kier alpha value is -3.43. The predicted molar refractivity (Wildman–Crippen MR) is 119 cm³/mol. The molecule has 30 heavy (non-hydrogen) atoms. The minimum Gasteiger partial charge on any atom is -0.488 e. The maximum atomic E-state index is 13.0. The van der Waals surface area contributed by atoms with Crippen LogP contribution in [0.4, 0.5) is 4.39 Å². The van der Waals surface area contributed by atoms with Crippen molar-refractivity contribution in [3.05, 3.63) is 93.5 Å². The van der Waals surface area contributed by atoms with Gasteiger partial charge in [-0.25, -0.2) is 9.37 Å². The molecule has 0 spiro atoms. The first-order valence-electron chi connectivity index (χ1n) is 9.27. The van der Waals surface area contributed by atoms with Crippen LogP contribution >= 0.6 is 15.9 Å². The third-order valence-electron chi connectivity index (χ3n) is 4.59. The number of H-pyrrole nitrogens is 1. The van der Waals surface area contributed by atoms with E-state index in [9.17, 15) is 9.65 Å². The summed E-state index contributed by atoms with van der Waals surface area (Å²) in [6, 6.07) is 19.9. The number of allylic oxidation sites excluding steroid dienone is 1. The van der Waals surface area contributed by atoms with Crippen LogP contribution in [-0.2, 0) is 6.61 Å². The Morgan fingerprint density at radius 1 is 1.17 bits per heavy atom. The van der Waals surface area contributed by atoms with Crippen LogP contribution in [-0.4, -0.2) is 9.97 Å². The molecule has 0 atom stereocenters. The van der Waals surface area contributed by atoms with Gasteiger partial charge < -0.3 is 9.72 Å². The molecule has 0 amide bonds. The average Bonchev–Trinajstić information content (AvgIpc) is 3.15. The van der Waals surface area contributed by atoms with Crippen LogP contribution in [0.2, 0.25) is 0 Å². The molecule has 4 nitrogen and oxygen atoms in total. The van der Waals surface area contributed by atoms with Crippen molar-refractivity contribution >= 4 is 38.6 Å². The van der Waals surface area contributed by atoms with E-state index in [0.717, 1.165) is 32.2 Å². The Labute approximate surface area is 181 Å². The number of nitrogens with zero attached hydrogens (tertiary/aromatic N) is 2. The van der Waals surface area contributed by atoms with Crippen molar-refractivity contribution in [2.24, 2.45) is 0 Å². The van der Waals surface area contributed by atoms with Crippen molar-refractivity contribution < 1.29 is 9.13 Å². The monoisotopic (exact) mass is 461 g/mol. The van der Waals surface area contributed by atoms with Gasteiger partial charge in [0.25, 0.3) is 0 Å². The lowest BCUT2D eigenvalue weighted by Crippen LogP contribution is -1.96. The van der Waals surface area contributed by atoms with Crippen LogP contribution in [0.3, 0.4) is 0 Å². The van der Waals surface area contributed by atoms with Gasteiger partial charge in [0.15, 0.2) is 0 Å². The number of halogens is 2. The number of nitriles is 1. The van der Waals surface area contributed by atoms with Gasteiger partial charge in [0.1, 0.15) is 30.1 Å². The number of hydrogen-bond donors (Lipinski definition) is 1. The highest BCUT2D eigenvalue weighted by Gasteiger charge is 2.09. The van der Waals surface area contributed by atoms with E-state index < -0.39 is 0 Å². The molecule has 0 saturated carbocycles. The Balaban J connectivity index is 1.55. The number of fused-ring (bicyclic) bond motifs is 1. The number of imidazole rings is 1.